The van der Waals surface area contributed by atoms with Crippen molar-refractivity contribution in [2.75, 3.05) is 26.2 Å². The Labute approximate surface area is 115 Å². The third-order valence-corrected chi connectivity index (χ3v) is 2.78. The molecule has 6 nitrogen and oxygen atoms in total. The number of aliphatic hydroxyl groups is 1. The van der Waals surface area contributed by atoms with E-state index < -0.39 is 11.9 Å². The van der Waals surface area contributed by atoms with Crippen LogP contribution in [0, 0.1) is 0 Å². The fraction of sp³-hybridized carbons (Fsp3) is 0.923. The van der Waals surface area contributed by atoms with E-state index in [-0.39, 0.29) is 12.1 Å². The minimum atomic E-state index is -0.791. The van der Waals surface area contributed by atoms with Crippen LogP contribution < -0.4 is 5.32 Å². The quantitative estimate of drug-likeness (QED) is 0.730. The first-order chi connectivity index (χ1) is 8.81. The molecule has 112 valence electrons. The molecule has 19 heavy (non-hydrogen) atoms. The van der Waals surface area contributed by atoms with Gasteiger partial charge in [-0.25, -0.2) is 4.79 Å². The van der Waals surface area contributed by atoms with Gasteiger partial charge in [-0.1, -0.05) is 0 Å². The Hall–Kier alpha value is -0.850. The third kappa shape index (κ3) is 6.22. The molecule has 0 radical (unpaired) electrons. The van der Waals surface area contributed by atoms with E-state index in [2.05, 4.69) is 5.32 Å². The number of rotatable bonds is 5. The monoisotopic (exact) mass is 274 g/mol. The van der Waals surface area contributed by atoms with E-state index in [1.54, 1.807) is 4.90 Å². The molecule has 6 heteroatoms. The van der Waals surface area contributed by atoms with Crippen LogP contribution >= 0.6 is 0 Å². The summed E-state index contributed by atoms with van der Waals surface area (Å²) in [6.45, 7) is 9.55. The molecule has 0 aromatic heterocycles. The number of aliphatic hydroxyl groups excluding tert-OH is 1. The van der Waals surface area contributed by atoms with Crippen molar-refractivity contribution >= 4 is 6.09 Å². The van der Waals surface area contributed by atoms with Crippen molar-refractivity contribution in [1.82, 2.24) is 10.2 Å². The molecule has 0 saturated carbocycles. The van der Waals surface area contributed by atoms with E-state index in [9.17, 15) is 9.90 Å². The first-order valence-corrected chi connectivity index (χ1v) is 6.83. The Bertz CT molecular complexity index is 291. The summed E-state index contributed by atoms with van der Waals surface area (Å²) >= 11 is 0. The Morgan fingerprint density at radius 1 is 1.53 bits per heavy atom. The van der Waals surface area contributed by atoms with Crippen molar-refractivity contribution in [1.29, 1.82) is 0 Å². The molecular weight excluding hydrogens is 248 g/mol. The molecule has 1 aliphatic heterocycles. The molecule has 1 amide bonds. The van der Waals surface area contributed by atoms with E-state index in [4.69, 9.17) is 9.47 Å². The van der Waals surface area contributed by atoms with Crippen LogP contribution in [0.2, 0.25) is 0 Å². The van der Waals surface area contributed by atoms with Crippen molar-refractivity contribution in [3.05, 3.63) is 0 Å². The maximum absolute atomic E-state index is 11.8. The molecule has 0 bridgehead atoms. The smallest absolute Gasteiger partial charge is 0.410 e. The Kier molecular flexibility index (Phi) is 6.03. The topological polar surface area (TPSA) is 71.0 Å². The van der Waals surface area contributed by atoms with Gasteiger partial charge in [-0.05, 0) is 34.1 Å². The van der Waals surface area contributed by atoms with Crippen LogP contribution in [-0.2, 0) is 9.47 Å². The van der Waals surface area contributed by atoms with Crippen molar-refractivity contribution in [2.45, 2.75) is 52.0 Å². The highest BCUT2D eigenvalue weighted by Crippen LogP contribution is 2.15. The Morgan fingerprint density at radius 3 is 2.79 bits per heavy atom. The lowest BCUT2D eigenvalue weighted by molar-refractivity contribution is -0.0923. The molecule has 1 aliphatic rings. The van der Waals surface area contributed by atoms with Gasteiger partial charge in [-0.2, -0.15) is 0 Å². The first-order valence-electron chi connectivity index (χ1n) is 6.83. The summed E-state index contributed by atoms with van der Waals surface area (Å²) in [6, 6.07) is 0.183. The van der Waals surface area contributed by atoms with Crippen LogP contribution in [0.5, 0.6) is 0 Å². The van der Waals surface area contributed by atoms with Gasteiger partial charge in [0.25, 0.3) is 0 Å². The zero-order valence-corrected chi connectivity index (χ0v) is 12.3. The van der Waals surface area contributed by atoms with E-state index in [1.165, 1.54) is 0 Å². The second-order valence-electron chi connectivity index (χ2n) is 5.73. The average Bonchev–Trinajstić information content (AvgIpc) is 2.73. The molecule has 2 N–H and O–H groups in total. The summed E-state index contributed by atoms with van der Waals surface area (Å²) in [6.07, 6.45) is -0.208. The summed E-state index contributed by atoms with van der Waals surface area (Å²) in [5.74, 6) is 0. The van der Waals surface area contributed by atoms with Gasteiger partial charge >= 0.3 is 6.09 Å². The van der Waals surface area contributed by atoms with Gasteiger partial charge in [-0.15, -0.1) is 0 Å². The molecule has 2 atom stereocenters. The normalized spacial score (nSPS) is 21.5. The first kappa shape index (κ1) is 16.2. The van der Waals surface area contributed by atoms with E-state index >= 15 is 0 Å². The molecule has 0 aromatic carbocycles. The van der Waals surface area contributed by atoms with Gasteiger partial charge in [0, 0.05) is 32.3 Å². The molecule has 1 rings (SSSR count). The van der Waals surface area contributed by atoms with Crippen LogP contribution in [0.3, 0.4) is 0 Å². The van der Waals surface area contributed by atoms with Gasteiger partial charge < -0.3 is 24.8 Å². The van der Waals surface area contributed by atoms with Gasteiger partial charge in [0.15, 0.2) is 6.29 Å². The number of hydrogen-bond acceptors (Lipinski definition) is 5. The number of ether oxygens (including phenoxy) is 2. The van der Waals surface area contributed by atoms with Crippen LogP contribution in [0.1, 0.15) is 34.1 Å². The predicted molar refractivity (Wildman–Crippen MR) is 71.8 cm³/mol. The van der Waals surface area contributed by atoms with Crippen molar-refractivity contribution in [3.8, 4) is 0 Å². The van der Waals surface area contributed by atoms with Crippen LogP contribution in [0.15, 0.2) is 0 Å². The zero-order chi connectivity index (χ0) is 14.5. The lowest BCUT2D eigenvalue weighted by atomic mass is 10.2. The lowest BCUT2D eigenvalue weighted by Crippen LogP contribution is -2.40. The second-order valence-corrected chi connectivity index (χ2v) is 5.73. The van der Waals surface area contributed by atoms with Gasteiger partial charge in [0.2, 0.25) is 0 Å². The van der Waals surface area contributed by atoms with E-state index in [0.717, 1.165) is 6.42 Å². The number of amides is 1. The Balaban J connectivity index is 2.27. The highest BCUT2D eigenvalue weighted by molar-refractivity contribution is 5.68. The van der Waals surface area contributed by atoms with Crippen LogP contribution in [0.4, 0.5) is 4.79 Å². The number of carbonyl (C=O) groups is 1. The van der Waals surface area contributed by atoms with Crippen molar-refractivity contribution in [3.63, 3.8) is 0 Å². The van der Waals surface area contributed by atoms with Crippen molar-refractivity contribution < 1.29 is 19.4 Å². The molecule has 1 heterocycles. The highest BCUT2D eigenvalue weighted by Gasteiger charge is 2.29. The molecule has 0 spiro atoms. The second kappa shape index (κ2) is 7.07. The minimum absolute atomic E-state index is 0.183. The molecule has 1 fully saturated rings. The highest BCUT2D eigenvalue weighted by atomic mass is 16.6. The predicted octanol–water partition coefficient (Wildman–Crippen LogP) is 0.940. The third-order valence-electron chi connectivity index (χ3n) is 2.78. The number of likely N-dealkylation sites (tertiary alicyclic amines) is 1. The summed E-state index contributed by atoms with van der Waals surface area (Å²) in [7, 11) is 0. The number of carbonyl (C=O) groups excluding carboxylic acids is 1. The standard InChI is InChI=1S/C13H26N2O4/c1-5-18-11(16)8-14-10-6-7-15(9-10)12(17)19-13(2,3)4/h10-11,14,16H,5-9H2,1-4H3/t10-,11?/m0/s1. The average molecular weight is 274 g/mol. The number of nitrogens with one attached hydrogen (secondary N) is 1. The maximum Gasteiger partial charge on any atom is 0.410 e. The number of hydrogen-bond donors (Lipinski definition) is 2. The van der Waals surface area contributed by atoms with Crippen LogP contribution in [0.25, 0.3) is 0 Å². The summed E-state index contributed by atoms with van der Waals surface area (Å²) in [5.41, 5.74) is -0.465. The van der Waals surface area contributed by atoms with Gasteiger partial charge in [0.1, 0.15) is 5.60 Å². The molecule has 0 aliphatic carbocycles. The maximum atomic E-state index is 11.8. The summed E-state index contributed by atoms with van der Waals surface area (Å²) in [4.78, 5) is 13.5. The van der Waals surface area contributed by atoms with E-state index in [1.807, 2.05) is 27.7 Å². The minimum Gasteiger partial charge on any atom is -0.444 e. The fourth-order valence-electron chi connectivity index (χ4n) is 1.94. The zero-order valence-electron chi connectivity index (χ0n) is 12.3. The van der Waals surface area contributed by atoms with Gasteiger partial charge in [-0.3, -0.25) is 0 Å². The number of nitrogens with zero attached hydrogens (tertiary/aromatic N) is 1. The molecule has 0 aromatic rings. The largest absolute Gasteiger partial charge is 0.444 e. The van der Waals surface area contributed by atoms with Gasteiger partial charge in [0.05, 0.1) is 0 Å². The lowest BCUT2D eigenvalue weighted by Gasteiger charge is -2.24. The van der Waals surface area contributed by atoms with Crippen molar-refractivity contribution in [2.24, 2.45) is 0 Å². The fourth-order valence-corrected chi connectivity index (χ4v) is 1.94. The SMILES string of the molecule is CCOC(O)CN[C@H]1CCN(C(=O)OC(C)(C)C)C1. The Morgan fingerprint density at radius 2 is 2.21 bits per heavy atom. The molecule has 1 unspecified atom stereocenters. The van der Waals surface area contributed by atoms with E-state index in [0.29, 0.717) is 26.2 Å². The summed E-state index contributed by atoms with van der Waals surface area (Å²) < 4.78 is 10.3. The molecule has 1 saturated heterocycles. The molecular formula is C13H26N2O4. The summed E-state index contributed by atoms with van der Waals surface area (Å²) in [5, 5.41) is 12.6. The van der Waals surface area contributed by atoms with Crippen LogP contribution in [-0.4, -0.2) is 60.3 Å².